The van der Waals surface area contributed by atoms with Crippen LogP contribution in [0.5, 0.6) is 0 Å². The lowest BCUT2D eigenvalue weighted by molar-refractivity contribution is -0.220. The Morgan fingerprint density at radius 1 is 0.615 bits per heavy atom. The summed E-state index contributed by atoms with van der Waals surface area (Å²) in [4.78, 5) is 35.3. The first-order valence-electron chi connectivity index (χ1n) is 18.3. The van der Waals surface area contributed by atoms with Gasteiger partial charge in [0.2, 0.25) is 0 Å². The molecule has 0 heterocycles. The number of carbonyl (C=O) groups excluding carboxylic acids is 2. The zero-order valence-electron chi connectivity index (χ0n) is 30.6. The molecule has 7 unspecified atom stereocenters. The van der Waals surface area contributed by atoms with Gasteiger partial charge in [-0.05, 0) is 44.9 Å². The number of aliphatic hydroxyl groups is 5. The minimum atomic E-state index is -5.13. The Labute approximate surface area is 308 Å². The van der Waals surface area contributed by atoms with E-state index in [1.165, 1.54) is 12.8 Å². The molecular formula is C38H61O13P. The third-order valence-electron chi connectivity index (χ3n) is 7.91. The van der Waals surface area contributed by atoms with Gasteiger partial charge >= 0.3 is 19.8 Å². The van der Waals surface area contributed by atoms with E-state index in [0.717, 1.165) is 38.5 Å². The molecule has 0 aromatic carbocycles. The Balaban J connectivity index is 2.66. The van der Waals surface area contributed by atoms with E-state index in [1.807, 2.05) is 54.7 Å². The van der Waals surface area contributed by atoms with Gasteiger partial charge in [-0.25, -0.2) is 4.57 Å². The number of aliphatic hydroxyl groups excluding tert-OH is 5. The summed E-state index contributed by atoms with van der Waals surface area (Å²) in [5.74, 6) is -1.22. The molecule has 1 aliphatic carbocycles. The van der Waals surface area contributed by atoms with Crippen LogP contribution in [-0.2, 0) is 32.7 Å². The standard InChI is InChI=1S/C38H61O13P/c1-3-5-7-9-11-13-15-16-17-19-21-23-25-27-32(40)50-30(28-48-31(39)26-24-22-20-18-14-12-10-8-6-4-2)29-49-52(46,47)51-38-36(44)34(42)33(41)35(43)37(38)45/h5,7,9-13,15-17,19,21,30,33-38,41-45H,3-4,6,8,14,18,20,22-29H2,1-2H3,(H,46,47)/b7-5+,11-9+,12-10+,15-13+,17-16+,21-19+/t30?,33?,34-,35?,36?,37?,38?/m1/s1. The van der Waals surface area contributed by atoms with Crippen molar-refractivity contribution in [1.29, 1.82) is 0 Å². The molecule has 0 amide bonds. The van der Waals surface area contributed by atoms with Crippen LogP contribution in [0.25, 0.3) is 0 Å². The van der Waals surface area contributed by atoms with Crippen molar-refractivity contribution in [3.63, 3.8) is 0 Å². The molecule has 1 aliphatic rings. The highest BCUT2D eigenvalue weighted by atomic mass is 31.2. The van der Waals surface area contributed by atoms with Crippen molar-refractivity contribution < 1.29 is 63.1 Å². The van der Waals surface area contributed by atoms with Crippen LogP contribution in [0, 0.1) is 0 Å². The average Bonchev–Trinajstić information content (AvgIpc) is 3.12. The van der Waals surface area contributed by atoms with Crippen molar-refractivity contribution in [3.05, 3.63) is 72.9 Å². The summed E-state index contributed by atoms with van der Waals surface area (Å²) in [6.45, 7) is 2.97. The molecule has 1 fully saturated rings. The summed E-state index contributed by atoms with van der Waals surface area (Å²) < 4.78 is 33.1. The van der Waals surface area contributed by atoms with E-state index in [9.17, 15) is 44.6 Å². The fourth-order valence-electron chi connectivity index (χ4n) is 4.88. The maximum atomic E-state index is 12.7. The molecular weight excluding hydrogens is 695 g/mol. The molecule has 1 rings (SSSR count). The van der Waals surface area contributed by atoms with Crippen LogP contribution in [0.3, 0.4) is 0 Å². The molecule has 8 atom stereocenters. The molecule has 14 heteroatoms. The molecule has 0 spiro atoms. The highest BCUT2D eigenvalue weighted by molar-refractivity contribution is 7.47. The van der Waals surface area contributed by atoms with Gasteiger partial charge in [-0.3, -0.25) is 18.6 Å². The topological polar surface area (TPSA) is 210 Å². The summed E-state index contributed by atoms with van der Waals surface area (Å²) in [6.07, 6.45) is 20.1. The minimum absolute atomic E-state index is 0.00584. The molecule has 1 saturated carbocycles. The molecule has 0 aliphatic heterocycles. The third-order valence-corrected chi connectivity index (χ3v) is 8.89. The molecule has 0 bridgehead atoms. The van der Waals surface area contributed by atoms with E-state index in [1.54, 1.807) is 0 Å². The fraction of sp³-hybridized carbons (Fsp3) is 0.632. The molecule has 13 nitrogen and oxygen atoms in total. The summed E-state index contributed by atoms with van der Waals surface area (Å²) >= 11 is 0. The predicted octanol–water partition coefficient (Wildman–Crippen LogP) is 5.21. The highest BCUT2D eigenvalue weighted by Crippen LogP contribution is 2.47. The summed E-state index contributed by atoms with van der Waals surface area (Å²) in [7, 11) is -5.13. The second-order valence-electron chi connectivity index (χ2n) is 12.5. The number of hydrogen-bond acceptors (Lipinski definition) is 12. The number of unbranched alkanes of at least 4 members (excludes halogenated alkanes) is 7. The normalized spacial score (nSPS) is 24.5. The van der Waals surface area contributed by atoms with Gasteiger partial charge in [0.1, 0.15) is 43.2 Å². The van der Waals surface area contributed by atoms with E-state index in [2.05, 4.69) is 32.1 Å². The lowest BCUT2D eigenvalue weighted by atomic mass is 9.85. The SMILES string of the molecule is CC/C=C/C=C/C=C/C=C/C=C/CCCC(=O)OC(COC(=O)CCCCCC/C=C/CCCC)COP(=O)(O)OC1C(O)C(O)C(O)[C@@H](O)C1O. The van der Waals surface area contributed by atoms with Crippen LogP contribution in [0.2, 0.25) is 0 Å². The van der Waals surface area contributed by atoms with Crippen LogP contribution in [0.1, 0.15) is 97.3 Å². The van der Waals surface area contributed by atoms with E-state index in [0.29, 0.717) is 19.3 Å². The van der Waals surface area contributed by atoms with Gasteiger partial charge in [0.15, 0.2) is 6.10 Å². The average molecular weight is 757 g/mol. The van der Waals surface area contributed by atoms with E-state index >= 15 is 0 Å². The van der Waals surface area contributed by atoms with Crippen molar-refractivity contribution in [2.24, 2.45) is 0 Å². The number of ether oxygens (including phenoxy) is 2. The first-order chi connectivity index (χ1) is 24.9. The van der Waals surface area contributed by atoms with Gasteiger partial charge in [-0.15, -0.1) is 0 Å². The number of esters is 2. The van der Waals surface area contributed by atoms with Crippen molar-refractivity contribution in [2.75, 3.05) is 13.2 Å². The van der Waals surface area contributed by atoms with Gasteiger partial charge in [-0.1, -0.05) is 112 Å². The van der Waals surface area contributed by atoms with Gasteiger partial charge in [0.05, 0.1) is 6.61 Å². The van der Waals surface area contributed by atoms with Gasteiger partial charge in [-0.2, -0.15) is 0 Å². The van der Waals surface area contributed by atoms with E-state index < -0.39 is 75.7 Å². The first kappa shape index (κ1) is 47.3. The van der Waals surface area contributed by atoms with Gasteiger partial charge < -0.3 is 39.9 Å². The van der Waals surface area contributed by atoms with Crippen molar-refractivity contribution >= 4 is 19.8 Å². The van der Waals surface area contributed by atoms with Crippen molar-refractivity contribution in [2.45, 2.75) is 140 Å². The monoisotopic (exact) mass is 756 g/mol. The predicted molar refractivity (Wildman–Crippen MR) is 198 cm³/mol. The minimum Gasteiger partial charge on any atom is -0.462 e. The quantitative estimate of drug-likeness (QED) is 0.0209. The Morgan fingerprint density at radius 2 is 1.13 bits per heavy atom. The lowest BCUT2D eigenvalue weighted by Gasteiger charge is -2.41. The van der Waals surface area contributed by atoms with Crippen LogP contribution in [0.4, 0.5) is 0 Å². The third kappa shape index (κ3) is 21.7. The van der Waals surface area contributed by atoms with Crippen molar-refractivity contribution in [1.82, 2.24) is 0 Å². The fourth-order valence-corrected chi connectivity index (χ4v) is 5.86. The Kier molecular flexibility index (Phi) is 26.2. The Bertz CT molecular complexity index is 1200. The molecule has 52 heavy (non-hydrogen) atoms. The number of phosphoric ester groups is 1. The maximum Gasteiger partial charge on any atom is 0.472 e. The molecule has 0 aromatic heterocycles. The second-order valence-corrected chi connectivity index (χ2v) is 13.9. The van der Waals surface area contributed by atoms with Gasteiger partial charge in [0.25, 0.3) is 0 Å². The number of carbonyl (C=O) groups is 2. The molecule has 296 valence electrons. The smallest absolute Gasteiger partial charge is 0.462 e. The van der Waals surface area contributed by atoms with Crippen LogP contribution < -0.4 is 0 Å². The zero-order chi connectivity index (χ0) is 38.6. The molecule has 0 radical (unpaired) electrons. The first-order valence-corrected chi connectivity index (χ1v) is 19.8. The summed E-state index contributed by atoms with van der Waals surface area (Å²) in [5.41, 5.74) is 0. The summed E-state index contributed by atoms with van der Waals surface area (Å²) in [6, 6.07) is 0. The molecule has 6 N–H and O–H groups in total. The maximum absolute atomic E-state index is 12.7. The molecule has 0 aromatic rings. The second kappa shape index (κ2) is 28.7. The number of rotatable bonds is 27. The van der Waals surface area contributed by atoms with Gasteiger partial charge in [0, 0.05) is 12.8 Å². The number of phosphoric acid groups is 1. The van der Waals surface area contributed by atoms with Crippen LogP contribution >= 0.6 is 7.82 Å². The van der Waals surface area contributed by atoms with Crippen LogP contribution in [0.15, 0.2) is 72.9 Å². The number of allylic oxidation sites excluding steroid dienone is 12. The van der Waals surface area contributed by atoms with Crippen molar-refractivity contribution in [3.8, 4) is 0 Å². The highest BCUT2D eigenvalue weighted by Gasteiger charge is 2.51. The van der Waals surface area contributed by atoms with Crippen LogP contribution in [-0.4, -0.2) is 98.3 Å². The van der Waals surface area contributed by atoms with E-state index in [4.69, 9.17) is 18.5 Å². The van der Waals surface area contributed by atoms with E-state index in [-0.39, 0.29) is 12.8 Å². The largest absolute Gasteiger partial charge is 0.472 e. The Hall–Kier alpha value is -2.71. The summed E-state index contributed by atoms with van der Waals surface area (Å²) in [5, 5.41) is 49.8. The Morgan fingerprint density at radius 3 is 1.75 bits per heavy atom. The molecule has 0 saturated heterocycles. The lowest BCUT2D eigenvalue weighted by Crippen LogP contribution is -2.64. The zero-order valence-corrected chi connectivity index (χ0v) is 31.5. The number of hydrogen-bond donors (Lipinski definition) is 6.